The van der Waals surface area contributed by atoms with Crippen molar-refractivity contribution < 1.29 is 22.7 Å². The molecule has 1 unspecified atom stereocenters. The maximum absolute atomic E-state index is 14.4. The molecule has 0 fully saturated rings. The Morgan fingerprint density at radius 1 is 1.06 bits per heavy atom. The van der Waals surface area contributed by atoms with E-state index in [-0.39, 0.29) is 17.7 Å². The second-order valence-electron chi connectivity index (χ2n) is 7.50. The van der Waals surface area contributed by atoms with Gasteiger partial charge in [0.05, 0.1) is 10.6 Å². The zero-order valence-electron chi connectivity index (χ0n) is 16.8. The number of nitrogens with zero attached hydrogens (tertiary/aromatic N) is 2. The van der Waals surface area contributed by atoms with Crippen LogP contribution in [-0.2, 0) is 12.6 Å². The van der Waals surface area contributed by atoms with Crippen LogP contribution in [-0.4, -0.2) is 15.1 Å². The zero-order chi connectivity index (χ0) is 23.0. The van der Waals surface area contributed by atoms with Crippen molar-refractivity contribution in [3.8, 4) is 5.75 Å². The van der Waals surface area contributed by atoms with Crippen molar-refractivity contribution in [2.45, 2.75) is 25.4 Å². The molecule has 2 heterocycles. The predicted molar refractivity (Wildman–Crippen MR) is 114 cm³/mol. The van der Waals surface area contributed by atoms with Gasteiger partial charge in [0.25, 0.3) is 0 Å². The van der Waals surface area contributed by atoms with Crippen molar-refractivity contribution in [1.29, 1.82) is 0 Å². The second-order valence-corrected chi connectivity index (χ2v) is 7.90. The quantitative estimate of drug-likeness (QED) is 0.339. The summed E-state index contributed by atoms with van der Waals surface area (Å²) in [6.07, 6.45) is -1.59. The lowest BCUT2D eigenvalue weighted by Gasteiger charge is -2.21. The van der Waals surface area contributed by atoms with Gasteiger partial charge in [-0.25, -0.2) is 4.39 Å². The van der Waals surface area contributed by atoms with E-state index in [4.69, 9.17) is 11.6 Å². The SMILES string of the molecule is Cc1cc(CC(c2ccc(C(F)(F)F)c(F)c2)c2ccc3cccnc3c2O)ncc1Cl. The van der Waals surface area contributed by atoms with Gasteiger partial charge in [-0.1, -0.05) is 35.9 Å². The molecule has 0 amide bonds. The van der Waals surface area contributed by atoms with Crippen LogP contribution in [0.4, 0.5) is 17.6 Å². The number of fused-ring (bicyclic) bond motifs is 1. The van der Waals surface area contributed by atoms with Crippen LogP contribution in [0.15, 0.2) is 60.9 Å². The molecule has 1 N–H and O–H groups in total. The first kappa shape index (κ1) is 22.0. The van der Waals surface area contributed by atoms with Crippen molar-refractivity contribution in [2.75, 3.05) is 0 Å². The second kappa shape index (κ2) is 8.39. The monoisotopic (exact) mass is 460 g/mol. The molecule has 0 aliphatic heterocycles. The minimum atomic E-state index is -4.80. The van der Waals surface area contributed by atoms with Gasteiger partial charge in [-0.05, 0) is 42.3 Å². The molecule has 0 saturated carbocycles. The fourth-order valence-electron chi connectivity index (χ4n) is 3.73. The molecule has 0 aliphatic carbocycles. The number of phenols is 1. The predicted octanol–water partition coefficient (Wildman–Crippen LogP) is 6.83. The Morgan fingerprint density at radius 2 is 1.84 bits per heavy atom. The topological polar surface area (TPSA) is 46.0 Å². The Bertz CT molecular complexity index is 1310. The molecule has 1 atom stereocenters. The number of benzene rings is 2. The van der Waals surface area contributed by atoms with Gasteiger partial charge < -0.3 is 5.11 Å². The Morgan fingerprint density at radius 3 is 2.53 bits per heavy atom. The lowest BCUT2D eigenvalue weighted by atomic mass is 9.85. The van der Waals surface area contributed by atoms with Gasteiger partial charge in [0.2, 0.25) is 0 Å². The first-order chi connectivity index (χ1) is 15.1. The summed E-state index contributed by atoms with van der Waals surface area (Å²) in [7, 11) is 0. The van der Waals surface area contributed by atoms with Crippen LogP contribution in [0.2, 0.25) is 5.02 Å². The van der Waals surface area contributed by atoms with Gasteiger partial charge in [0, 0.05) is 41.4 Å². The van der Waals surface area contributed by atoms with Gasteiger partial charge in [-0.2, -0.15) is 13.2 Å². The van der Waals surface area contributed by atoms with E-state index >= 15 is 0 Å². The molecule has 0 radical (unpaired) electrons. The highest BCUT2D eigenvalue weighted by Gasteiger charge is 2.34. The van der Waals surface area contributed by atoms with Crippen LogP contribution in [0.5, 0.6) is 5.75 Å². The minimum absolute atomic E-state index is 0.112. The third kappa shape index (κ3) is 4.25. The van der Waals surface area contributed by atoms with Gasteiger partial charge in [-0.3, -0.25) is 9.97 Å². The highest BCUT2D eigenvalue weighted by Crippen LogP contribution is 2.39. The first-order valence-electron chi connectivity index (χ1n) is 9.69. The van der Waals surface area contributed by atoms with E-state index in [1.54, 1.807) is 37.3 Å². The summed E-state index contributed by atoms with van der Waals surface area (Å²) in [4.78, 5) is 8.51. The van der Waals surface area contributed by atoms with Crippen molar-refractivity contribution >= 4 is 22.5 Å². The molecule has 164 valence electrons. The van der Waals surface area contributed by atoms with Gasteiger partial charge in [0.1, 0.15) is 17.1 Å². The number of phenolic OH excluding ortho intramolecular Hbond substituents is 1. The molecular weight excluding hydrogens is 444 g/mol. The Balaban J connectivity index is 1.86. The molecule has 32 heavy (non-hydrogen) atoms. The summed E-state index contributed by atoms with van der Waals surface area (Å²) >= 11 is 6.06. The van der Waals surface area contributed by atoms with E-state index in [0.717, 1.165) is 11.6 Å². The number of hydrogen-bond donors (Lipinski definition) is 1. The normalized spacial score (nSPS) is 12.8. The Kier molecular flexibility index (Phi) is 5.77. The number of aromatic hydroxyl groups is 1. The van der Waals surface area contributed by atoms with E-state index in [1.807, 2.05) is 0 Å². The average Bonchev–Trinajstić information content (AvgIpc) is 2.74. The van der Waals surface area contributed by atoms with E-state index in [1.165, 1.54) is 18.5 Å². The van der Waals surface area contributed by atoms with Crippen LogP contribution in [0.3, 0.4) is 0 Å². The van der Waals surface area contributed by atoms with Crippen LogP contribution in [0.1, 0.15) is 33.9 Å². The maximum atomic E-state index is 14.4. The number of aryl methyl sites for hydroxylation is 1. The number of aromatic nitrogens is 2. The van der Waals surface area contributed by atoms with Crippen molar-refractivity contribution in [2.24, 2.45) is 0 Å². The van der Waals surface area contributed by atoms with E-state index < -0.39 is 23.5 Å². The summed E-state index contributed by atoms with van der Waals surface area (Å²) in [5.41, 5.74) is 1.06. The van der Waals surface area contributed by atoms with Gasteiger partial charge >= 0.3 is 6.18 Å². The third-order valence-corrected chi connectivity index (χ3v) is 5.77. The summed E-state index contributed by atoms with van der Waals surface area (Å²) < 4.78 is 53.6. The van der Waals surface area contributed by atoms with Crippen LogP contribution in [0.25, 0.3) is 10.9 Å². The molecule has 2 aromatic heterocycles. The fraction of sp³-hybridized carbons (Fsp3) is 0.167. The van der Waals surface area contributed by atoms with Crippen molar-refractivity contribution in [1.82, 2.24) is 9.97 Å². The van der Waals surface area contributed by atoms with E-state index in [9.17, 15) is 22.7 Å². The standard InChI is InChI=1S/C24H17ClF4N2O/c1-13-9-16(31-12-20(13)25)11-18(15-5-7-19(21(26)10-15)24(27,28)29)17-6-4-14-3-2-8-30-22(14)23(17)32/h2-10,12,18,32H,11H2,1H3. The fourth-order valence-corrected chi connectivity index (χ4v) is 3.83. The summed E-state index contributed by atoms with van der Waals surface area (Å²) in [5, 5.41) is 12.1. The molecule has 0 aliphatic rings. The van der Waals surface area contributed by atoms with Gasteiger partial charge in [0.15, 0.2) is 0 Å². The number of hydrogen-bond acceptors (Lipinski definition) is 3. The lowest BCUT2D eigenvalue weighted by molar-refractivity contribution is -0.140. The zero-order valence-corrected chi connectivity index (χ0v) is 17.5. The average molecular weight is 461 g/mol. The molecule has 4 aromatic rings. The molecular formula is C24H17ClF4N2O. The Hall–Kier alpha value is -3.19. The highest BCUT2D eigenvalue weighted by molar-refractivity contribution is 6.31. The molecule has 0 bridgehead atoms. The van der Waals surface area contributed by atoms with Crippen molar-refractivity contribution in [3.63, 3.8) is 0 Å². The first-order valence-corrected chi connectivity index (χ1v) is 10.1. The minimum Gasteiger partial charge on any atom is -0.505 e. The van der Waals surface area contributed by atoms with Crippen LogP contribution < -0.4 is 0 Å². The molecule has 4 rings (SSSR count). The smallest absolute Gasteiger partial charge is 0.419 e. The van der Waals surface area contributed by atoms with Crippen molar-refractivity contribution in [3.05, 3.63) is 99.7 Å². The molecule has 2 aromatic carbocycles. The number of halogens is 5. The Labute approximate surface area is 186 Å². The van der Waals surface area contributed by atoms with Crippen LogP contribution >= 0.6 is 11.6 Å². The summed E-state index contributed by atoms with van der Waals surface area (Å²) in [6.45, 7) is 1.80. The molecule has 3 nitrogen and oxygen atoms in total. The third-order valence-electron chi connectivity index (χ3n) is 5.37. The lowest BCUT2D eigenvalue weighted by Crippen LogP contribution is -2.11. The van der Waals surface area contributed by atoms with E-state index in [0.29, 0.717) is 33.2 Å². The van der Waals surface area contributed by atoms with Gasteiger partial charge in [-0.15, -0.1) is 0 Å². The maximum Gasteiger partial charge on any atom is 0.419 e. The molecule has 8 heteroatoms. The number of rotatable bonds is 4. The number of pyridine rings is 2. The summed E-state index contributed by atoms with van der Waals surface area (Å²) in [6, 6.07) is 11.5. The largest absolute Gasteiger partial charge is 0.505 e. The van der Waals surface area contributed by atoms with Crippen LogP contribution in [0, 0.1) is 12.7 Å². The number of alkyl halides is 3. The molecule has 0 spiro atoms. The van der Waals surface area contributed by atoms with E-state index in [2.05, 4.69) is 9.97 Å². The summed E-state index contributed by atoms with van der Waals surface area (Å²) in [5.74, 6) is -2.16. The molecule has 0 saturated heterocycles. The highest BCUT2D eigenvalue weighted by atomic mass is 35.5.